The molecule has 0 bridgehead atoms. The van der Waals surface area contributed by atoms with Crippen molar-refractivity contribution in [3.05, 3.63) is 94.1 Å². The van der Waals surface area contributed by atoms with Gasteiger partial charge in [0.25, 0.3) is 11.4 Å². The number of benzene rings is 2. The molecule has 2 amide bonds. The molecule has 1 aliphatic carbocycles. The summed E-state index contributed by atoms with van der Waals surface area (Å²) in [4.78, 5) is 56.9. The highest BCUT2D eigenvalue weighted by atomic mass is 16.5. The molecule has 5 rings (SSSR count). The summed E-state index contributed by atoms with van der Waals surface area (Å²) < 4.78 is 11.7. The number of aromatic nitrogens is 4. The van der Waals surface area contributed by atoms with Crippen LogP contribution in [0.25, 0.3) is 11.4 Å². The number of aryl methyl sites for hydroxylation is 1. The van der Waals surface area contributed by atoms with Gasteiger partial charge in [-0.25, -0.2) is 9.78 Å². The molecule has 0 saturated heterocycles. The normalized spacial score (nSPS) is 14.2. The molecular weight excluding hydrogens is 552 g/mol. The zero-order valence-electron chi connectivity index (χ0n) is 24.3. The molecule has 12 heteroatoms. The number of carbonyl (C=O) groups excluding carboxylic acids is 3. The minimum absolute atomic E-state index is 0.123. The lowest BCUT2D eigenvalue weighted by molar-refractivity contribution is -0.122. The number of nitrogens with zero attached hydrogens (tertiary/aromatic N) is 4. The molecule has 2 heterocycles. The number of amides is 2. The molecule has 2 N–H and O–H groups in total. The Balaban J connectivity index is 1.41. The SMILES string of the molecule is COC(=O)Nc1c(C)nc(-c2ccccc2)n(CC(=O)N[C@@H](C(=O)c2nnc(C3(c4ccccc4)CC3)o2)C(C)C)c1=O. The van der Waals surface area contributed by atoms with Crippen LogP contribution in [0.1, 0.15) is 54.5 Å². The minimum atomic E-state index is -1.00. The second-order valence-corrected chi connectivity index (χ2v) is 10.8. The molecule has 1 atom stereocenters. The van der Waals surface area contributed by atoms with Gasteiger partial charge in [0.2, 0.25) is 17.6 Å². The summed E-state index contributed by atoms with van der Waals surface area (Å²) in [6.45, 7) is 4.65. The second kappa shape index (κ2) is 12.0. The summed E-state index contributed by atoms with van der Waals surface area (Å²) in [5.74, 6) is -1.10. The molecule has 1 saturated carbocycles. The zero-order valence-corrected chi connectivity index (χ0v) is 24.3. The Morgan fingerprint density at radius 2 is 1.67 bits per heavy atom. The van der Waals surface area contributed by atoms with Crippen LogP contribution in [0.5, 0.6) is 0 Å². The van der Waals surface area contributed by atoms with E-state index in [2.05, 4.69) is 30.6 Å². The zero-order chi connectivity index (χ0) is 30.7. The van der Waals surface area contributed by atoms with Crippen LogP contribution in [-0.4, -0.2) is 50.7 Å². The molecule has 43 heavy (non-hydrogen) atoms. The summed E-state index contributed by atoms with van der Waals surface area (Å²) in [6.07, 6.45) is 0.801. The topological polar surface area (TPSA) is 158 Å². The highest BCUT2D eigenvalue weighted by Crippen LogP contribution is 2.52. The molecule has 0 spiro atoms. The monoisotopic (exact) mass is 584 g/mol. The Bertz CT molecular complexity index is 1710. The Labute approximate surface area is 247 Å². The van der Waals surface area contributed by atoms with Gasteiger partial charge >= 0.3 is 6.09 Å². The van der Waals surface area contributed by atoms with Gasteiger partial charge in [-0.2, -0.15) is 0 Å². The van der Waals surface area contributed by atoms with Gasteiger partial charge in [-0.1, -0.05) is 74.5 Å². The number of ether oxygens (including phenoxy) is 1. The van der Waals surface area contributed by atoms with Gasteiger partial charge in [0, 0.05) is 5.56 Å². The Morgan fingerprint density at radius 1 is 1.02 bits per heavy atom. The van der Waals surface area contributed by atoms with Gasteiger partial charge in [-0.05, 0) is 31.2 Å². The highest BCUT2D eigenvalue weighted by Gasteiger charge is 2.51. The van der Waals surface area contributed by atoms with Crippen molar-refractivity contribution in [2.24, 2.45) is 5.92 Å². The first-order chi connectivity index (χ1) is 20.6. The number of hydrogen-bond acceptors (Lipinski definition) is 9. The summed E-state index contributed by atoms with van der Waals surface area (Å²) in [7, 11) is 1.17. The molecule has 1 fully saturated rings. The van der Waals surface area contributed by atoms with Crippen molar-refractivity contribution in [1.29, 1.82) is 0 Å². The largest absolute Gasteiger partial charge is 0.453 e. The molecule has 4 aromatic rings. The molecule has 2 aromatic carbocycles. The van der Waals surface area contributed by atoms with E-state index < -0.39 is 41.3 Å². The molecule has 0 radical (unpaired) electrons. The van der Waals surface area contributed by atoms with Crippen molar-refractivity contribution < 1.29 is 23.5 Å². The van der Waals surface area contributed by atoms with E-state index in [-0.39, 0.29) is 29.0 Å². The van der Waals surface area contributed by atoms with Crippen LogP contribution in [0, 0.1) is 12.8 Å². The number of anilines is 1. The third kappa shape index (κ3) is 5.94. The summed E-state index contributed by atoms with van der Waals surface area (Å²) in [5, 5.41) is 13.3. The molecule has 0 aliphatic heterocycles. The lowest BCUT2D eigenvalue weighted by atomic mass is 9.96. The van der Waals surface area contributed by atoms with E-state index >= 15 is 0 Å². The van der Waals surface area contributed by atoms with Crippen molar-refractivity contribution >= 4 is 23.5 Å². The second-order valence-electron chi connectivity index (χ2n) is 10.8. The first-order valence-corrected chi connectivity index (χ1v) is 13.9. The van der Waals surface area contributed by atoms with E-state index in [0.717, 1.165) is 23.0 Å². The van der Waals surface area contributed by atoms with Crippen LogP contribution in [0.3, 0.4) is 0 Å². The minimum Gasteiger partial charge on any atom is -0.453 e. The van der Waals surface area contributed by atoms with Crippen molar-refractivity contribution in [2.75, 3.05) is 12.4 Å². The smallest absolute Gasteiger partial charge is 0.411 e. The fraction of sp³-hybridized carbons (Fsp3) is 0.323. The average molecular weight is 585 g/mol. The third-order valence-corrected chi connectivity index (χ3v) is 7.48. The molecular formula is C31H32N6O6. The Hall–Kier alpha value is -5.13. The van der Waals surface area contributed by atoms with Crippen molar-refractivity contribution in [2.45, 2.75) is 51.6 Å². The standard InChI is InChI=1S/C31H32N6O6/c1-18(2)23(25(39)27-35-36-29(43-27)31(15-16-31)21-13-9-6-10-14-21)33-22(38)17-37-26(20-11-7-5-8-12-20)32-19(3)24(28(37)40)34-30(41)42-4/h5-14,18,23H,15-17H2,1-4H3,(H,33,38)(H,34,41)/t23-/m1/s1. The fourth-order valence-corrected chi connectivity index (χ4v) is 4.97. The van der Waals surface area contributed by atoms with Gasteiger partial charge in [-0.3, -0.25) is 24.3 Å². The van der Waals surface area contributed by atoms with Crippen LogP contribution in [-0.2, 0) is 21.5 Å². The van der Waals surface area contributed by atoms with Crippen LogP contribution in [0.2, 0.25) is 0 Å². The number of nitrogens with one attached hydrogen (secondary N) is 2. The van der Waals surface area contributed by atoms with E-state index in [0.29, 0.717) is 11.5 Å². The van der Waals surface area contributed by atoms with Crippen LogP contribution in [0.4, 0.5) is 10.5 Å². The molecule has 1 aliphatic rings. The third-order valence-electron chi connectivity index (χ3n) is 7.48. The first kappa shape index (κ1) is 29.4. The fourth-order valence-electron chi connectivity index (χ4n) is 4.97. The van der Waals surface area contributed by atoms with Gasteiger partial charge in [0.1, 0.15) is 18.1 Å². The number of ketones is 1. The number of hydrogen-bond donors (Lipinski definition) is 2. The van der Waals surface area contributed by atoms with Crippen LogP contribution in [0.15, 0.2) is 69.9 Å². The van der Waals surface area contributed by atoms with Crippen molar-refractivity contribution in [1.82, 2.24) is 25.1 Å². The van der Waals surface area contributed by atoms with E-state index in [9.17, 15) is 19.2 Å². The van der Waals surface area contributed by atoms with Crippen molar-refractivity contribution in [3.63, 3.8) is 0 Å². The predicted octanol–water partition coefficient (Wildman–Crippen LogP) is 3.88. The first-order valence-electron chi connectivity index (χ1n) is 13.9. The van der Waals surface area contributed by atoms with Gasteiger partial charge in [0.15, 0.2) is 0 Å². The molecule has 222 valence electrons. The van der Waals surface area contributed by atoms with Crippen molar-refractivity contribution in [3.8, 4) is 11.4 Å². The van der Waals surface area contributed by atoms with E-state index in [1.54, 1.807) is 45.0 Å². The van der Waals surface area contributed by atoms with Gasteiger partial charge < -0.3 is 14.5 Å². The highest BCUT2D eigenvalue weighted by molar-refractivity contribution is 5.98. The number of rotatable bonds is 10. The van der Waals surface area contributed by atoms with Crippen LogP contribution < -0.4 is 16.2 Å². The van der Waals surface area contributed by atoms with E-state index in [1.165, 1.54) is 7.11 Å². The van der Waals surface area contributed by atoms with Crippen LogP contribution >= 0.6 is 0 Å². The van der Waals surface area contributed by atoms with E-state index in [4.69, 9.17) is 4.42 Å². The number of carbonyl (C=O) groups is 3. The predicted molar refractivity (Wildman–Crippen MR) is 157 cm³/mol. The lowest BCUT2D eigenvalue weighted by Crippen LogP contribution is -2.46. The van der Waals surface area contributed by atoms with E-state index in [1.807, 2.05) is 36.4 Å². The summed E-state index contributed by atoms with van der Waals surface area (Å²) in [6, 6.07) is 17.6. The maximum absolute atomic E-state index is 13.5. The molecule has 0 unspecified atom stereocenters. The Morgan fingerprint density at radius 3 is 2.28 bits per heavy atom. The molecule has 2 aromatic heterocycles. The van der Waals surface area contributed by atoms with Gasteiger partial charge in [-0.15, -0.1) is 10.2 Å². The quantitative estimate of drug-likeness (QED) is 0.264. The average Bonchev–Trinajstić information content (AvgIpc) is 3.68. The maximum atomic E-state index is 13.5. The Kier molecular flexibility index (Phi) is 8.20. The maximum Gasteiger partial charge on any atom is 0.411 e. The number of Topliss-reactive ketones (excluding diaryl/α,β-unsaturated/α-hetero) is 1. The van der Waals surface area contributed by atoms with Gasteiger partial charge in [0.05, 0.1) is 24.3 Å². The lowest BCUT2D eigenvalue weighted by Gasteiger charge is -2.21. The molecule has 12 nitrogen and oxygen atoms in total. The summed E-state index contributed by atoms with van der Waals surface area (Å²) >= 11 is 0. The number of methoxy groups -OCH3 is 1. The summed E-state index contributed by atoms with van der Waals surface area (Å²) in [5.41, 5.74) is 0.684.